The molecule has 3 heteroatoms. The van der Waals surface area contributed by atoms with Gasteiger partial charge in [0.2, 0.25) is 0 Å². The molecule has 0 saturated carbocycles. The fraction of sp³-hybridized carbons (Fsp3) is 0.0556. The molecule has 0 aromatic heterocycles. The molecular weight excluding hydrogens is 280 g/mol. The normalized spacial score (nSPS) is 10.3. The largest absolute Gasteiger partial charge is 0.355 e. The Bertz CT molecular complexity index is 863. The number of hydrogen-bond donors (Lipinski definition) is 1. The van der Waals surface area contributed by atoms with Gasteiger partial charge in [0.25, 0.3) is 0 Å². The first-order valence-electron chi connectivity index (χ1n) is 6.64. The first-order valence-corrected chi connectivity index (χ1v) is 7.02. The van der Waals surface area contributed by atoms with Crippen molar-refractivity contribution < 1.29 is 0 Å². The van der Waals surface area contributed by atoms with Crippen LogP contribution >= 0.6 is 11.6 Å². The van der Waals surface area contributed by atoms with Gasteiger partial charge in [-0.2, -0.15) is 5.26 Å². The van der Waals surface area contributed by atoms with Crippen LogP contribution in [0.3, 0.4) is 0 Å². The lowest BCUT2D eigenvalue weighted by molar-refractivity contribution is 1.44. The highest BCUT2D eigenvalue weighted by Crippen LogP contribution is 2.30. The Morgan fingerprint density at radius 3 is 2.48 bits per heavy atom. The smallest absolute Gasteiger partial charge is 0.0998 e. The monoisotopic (exact) mass is 292 g/mol. The van der Waals surface area contributed by atoms with Crippen molar-refractivity contribution in [1.29, 1.82) is 5.26 Å². The van der Waals surface area contributed by atoms with Gasteiger partial charge in [-0.1, -0.05) is 41.9 Å². The van der Waals surface area contributed by atoms with Crippen LogP contribution in [0, 0.1) is 18.3 Å². The molecule has 21 heavy (non-hydrogen) atoms. The van der Waals surface area contributed by atoms with Crippen molar-refractivity contribution in [3.05, 3.63) is 70.7 Å². The number of nitriles is 1. The Hall–Kier alpha value is -2.50. The van der Waals surface area contributed by atoms with Crippen LogP contribution < -0.4 is 5.32 Å². The van der Waals surface area contributed by atoms with Gasteiger partial charge in [-0.15, -0.1) is 0 Å². The number of aryl methyl sites for hydroxylation is 1. The van der Waals surface area contributed by atoms with E-state index in [1.165, 1.54) is 0 Å². The molecule has 0 atom stereocenters. The minimum atomic E-state index is 0.680. The van der Waals surface area contributed by atoms with Crippen LogP contribution in [0.4, 0.5) is 11.4 Å². The van der Waals surface area contributed by atoms with Gasteiger partial charge in [0.05, 0.1) is 11.6 Å². The molecular formula is C18H13ClN2. The second-order valence-electron chi connectivity index (χ2n) is 4.90. The van der Waals surface area contributed by atoms with Gasteiger partial charge in [-0.25, -0.2) is 0 Å². The molecule has 3 aromatic rings. The lowest BCUT2D eigenvalue weighted by Crippen LogP contribution is -1.95. The molecule has 102 valence electrons. The summed E-state index contributed by atoms with van der Waals surface area (Å²) in [5, 5.41) is 15.3. The molecule has 0 heterocycles. The standard InChI is InChI=1S/C18H13ClN2/c1-12-6-8-14(19)10-18(12)21-17-9-7-13(11-20)15-4-2-3-5-16(15)17/h2-10,21H,1H3. The highest BCUT2D eigenvalue weighted by molar-refractivity contribution is 6.30. The molecule has 0 aliphatic rings. The van der Waals surface area contributed by atoms with Crippen LogP contribution in [-0.4, -0.2) is 0 Å². The van der Waals surface area contributed by atoms with Gasteiger partial charge in [0, 0.05) is 27.2 Å². The van der Waals surface area contributed by atoms with Crippen LogP contribution in [0.1, 0.15) is 11.1 Å². The maximum absolute atomic E-state index is 9.21. The number of halogens is 1. The highest BCUT2D eigenvalue weighted by Gasteiger charge is 2.07. The minimum absolute atomic E-state index is 0.680. The third-order valence-corrected chi connectivity index (χ3v) is 3.75. The van der Waals surface area contributed by atoms with E-state index in [1.54, 1.807) is 0 Å². The molecule has 3 aromatic carbocycles. The average Bonchev–Trinajstić information content (AvgIpc) is 2.51. The zero-order valence-electron chi connectivity index (χ0n) is 11.5. The predicted octanol–water partition coefficient (Wildman–Crippen LogP) is 5.42. The predicted molar refractivity (Wildman–Crippen MR) is 88.1 cm³/mol. The maximum Gasteiger partial charge on any atom is 0.0998 e. The molecule has 0 unspecified atom stereocenters. The summed E-state index contributed by atoms with van der Waals surface area (Å²) in [4.78, 5) is 0. The first kappa shape index (κ1) is 13.5. The lowest BCUT2D eigenvalue weighted by atomic mass is 10.0. The second-order valence-corrected chi connectivity index (χ2v) is 5.34. The molecule has 0 radical (unpaired) electrons. The van der Waals surface area contributed by atoms with E-state index in [1.807, 2.05) is 61.5 Å². The summed E-state index contributed by atoms with van der Waals surface area (Å²) in [6, 6.07) is 19.7. The Morgan fingerprint density at radius 2 is 1.71 bits per heavy atom. The fourth-order valence-electron chi connectivity index (χ4n) is 2.38. The number of nitrogens with one attached hydrogen (secondary N) is 1. The number of fused-ring (bicyclic) bond motifs is 1. The lowest BCUT2D eigenvalue weighted by Gasteiger charge is -2.13. The second kappa shape index (κ2) is 5.47. The van der Waals surface area contributed by atoms with Crippen molar-refractivity contribution in [3.8, 4) is 6.07 Å². The minimum Gasteiger partial charge on any atom is -0.355 e. The molecule has 2 nitrogen and oxygen atoms in total. The van der Waals surface area contributed by atoms with Crippen molar-refractivity contribution in [2.24, 2.45) is 0 Å². The van der Waals surface area contributed by atoms with Gasteiger partial charge in [0.15, 0.2) is 0 Å². The molecule has 3 rings (SSSR count). The molecule has 0 aliphatic heterocycles. The van der Waals surface area contributed by atoms with Crippen LogP contribution in [-0.2, 0) is 0 Å². The van der Waals surface area contributed by atoms with E-state index in [-0.39, 0.29) is 0 Å². The average molecular weight is 293 g/mol. The molecule has 1 N–H and O–H groups in total. The van der Waals surface area contributed by atoms with Crippen LogP contribution in [0.2, 0.25) is 5.02 Å². The van der Waals surface area contributed by atoms with Gasteiger partial charge in [0.1, 0.15) is 0 Å². The van der Waals surface area contributed by atoms with Crippen LogP contribution in [0.25, 0.3) is 10.8 Å². The van der Waals surface area contributed by atoms with Crippen molar-refractivity contribution in [2.75, 3.05) is 5.32 Å². The SMILES string of the molecule is Cc1ccc(Cl)cc1Nc1ccc(C#N)c2ccccc12. The molecule has 0 amide bonds. The van der Waals surface area contributed by atoms with Crippen LogP contribution in [0.15, 0.2) is 54.6 Å². The van der Waals surface area contributed by atoms with E-state index < -0.39 is 0 Å². The summed E-state index contributed by atoms with van der Waals surface area (Å²) in [5.41, 5.74) is 3.74. The number of benzene rings is 3. The molecule has 0 saturated heterocycles. The Labute approximate surface area is 128 Å². The van der Waals surface area contributed by atoms with E-state index in [0.717, 1.165) is 27.7 Å². The van der Waals surface area contributed by atoms with Crippen molar-refractivity contribution in [2.45, 2.75) is 6.92 Å². The Balaban J connectivity index is 2.14. The van der Waals surface area contributed by atoms with Gasteiger partial charge in [-0.3, -0.25) is 0 Å². The van der Waals surface area contributed by atoms with E-state index >= 15 is 0 Å². The summed E-state index contributed by atoms with van der Waals surface area (Å²) in [5.74, 6) is 0. The summed E-state index contributed by atoms with van der Waals surface area (Å²) >= 11 is 6.07. The van der Waals surface area contributed by atoms with Gasteiger partial charge < -0.3 is 5.32 Å². The number of anilines is 2. The number of rotatable bonds is 2. The topological polar surface area (TPSA) is 35.8 Å². The summed E-state index contributed by atoms with van der Waals surface area (Å²) < 4.78 is 0. The van der Waals surface area contributed by atoms with Gasteiger partial charge in [-0.05, 0) is 36.8 Å². The van der Waals surface area contributed by atoms with E-state index in [0.29, 0.717) is 10.6 Å². The summed E-state index contributed by atoms with van der Waals surface area (Å²) in [6.07, 6.45) is 0. The molecule has 0 aliphatic carbocycles. The number of nitrogens with zero attached hydrogens (tertiary/aromatic N) is 1. The molecule has 0 spiro atoms. The highest BCUT2D eigenvalue weighted by atomic mass is 35.5. The fourth-order valence-corrected chi connectivity index (χ4v) is 2.55. The molecule has 0 fully saturated rings. The van der Waals surface area contributed by atoms with Gasteiger partial charge >= 0.3 is 0 Å². The summed E-state index contributed by atoms with van der Waals surface area (Å²) in [6.45, 7) is 2.03. The Kier molecular flexibility index (Phi) is 3.51. The van der Waals surface area contributed by atoms with E-state index in [2.05, 4.69) is 11.4 Å². The number of hydrogen-bond acceptors (Lipinski definition) is 2. The third kappa shape index (κ3) is 2.56. The quantitative estimate of drug-likeness (QED) is 0.685. The zero-order chi connectivity index (χ0) is 14.8. The van der Waals surface area contributed by atoms with Crippen molar-refractivity contribution in [3.63, 3.8) is 0 Å². The van der Waals surface area contributed by atoms with Crippen molar-refractivity contribution in [1.82, 2.24) is 0 Å². The van der Waals surface area contributed by atoms with Crippen molar-refractivity contribution >= 4 is 33.7 Å². The van der Waals surface area contributed by atoms with Crippen LogP contribution in [0.5, 0.6) is 0 Å². The third-order valence-electron chi connectivity index (χ3n) is 3.51. The zero-order valence-corrected chi connectivity index (χ0v) is 12.3. The summed E-state index contributed by atoms with van der Waals surface area (Å²) in [7, 11) is 0. The molecule has 0 bridgehead atoms. The maximum atomic E-state index is 9.21. The first-order chi connectivity index (χ1) is 10.2. The van der Waals surface area contributed by atoms with E-state index in [4.69, 9.17) is 11.6 Å². The Morgan fingerprint density at radius 1 is 0.952 bits per heavy atom. The van der Waals surface area contributed by atoms with E-state index in [9.17, 15) is 5.26 Å².